The van der Waals surface area contributed by atoms with E-state index in [1.54, 1.807) is 17.4 Å². The van der Waals surface area contributed by atoms with Crippen LogP contribution in [0.15, 0.2) is 24.3 Å². The van der Waals surface area contributed by atoms with Crippen LogP contribution in [0.3, 0.4) is 0 Å². The standard InChI is InChI=1S/C14H18FNS/c1-14(2,3)13(16-4)12-7-9-5-6-10(15)8-11(9)17-12/h5-8,13,16H,1-4H3. The largest absolute Gasteiger partial charge is 0.312 e. The Morgan fingerprint density at radius 3 is 2.53 bits per heavy atom. The second-order valence-corrected chi connectivity index (χ2v) is 6.53. The number of nitrogens with one attached hydrogen (secondary N) is 1. The average molecular weight is 251 g/mol. The lowest BCUT2D eigenvalue weighted by molar-refractivity contribution is 0.291. The highest BCUT2D eigenvalue weighted by Gasteiger charge is 2.26. The van der Waals surface area contributed by atoms with Crippen LogP contribution in [-0.4, -0.2) is 7.05 Å². The van der Waals surface area contributed by atoms with Crippen LogP contribution in [0.4, 0.5) is 4.39 Å². The van der Waals surface area contributed by atoms with E-state index in [4.69, 9.17) is 0 Å². The number of hydrogen-bond acceptors (Lipinski definition) is 2. The van der Waals surface area contributed by atoms with Crippen molar-refractivity contribution >= 4 is 21.4 Å². The van der Waals surface area contributed by atoms with Gasteiger partial charge in [0.2, 0.25) is 0 Å². The zero-order valence-electron chi connectivity index (χ0n) is 10.7. The third kappa shape index (κ3) is 2.50. The van der Waals surface area contributed by atoms with Gasteiger partial charge in [-0.1, -0.05) is 26.8 Å². The van der Waals surface area contributed by atoms with Gasteiger partial charge in [-0.25, -0.2) is 4.39 Å². The first-order valence-corrected chi connectivity index (χ1v) is 6.60. The predicted molar refractivity (Wildman–Crippen MR) is 73.0 cm³/mol. The molecule has 0 spiro atoms. The van der Waals surface area contributed by atoms with Gasteiger partial charge in [0.1, 0.15) is 5.82 Å². The topological polar surface area (TPSA) is 12.0 Å². The Labute approximate surface area is 106 Å². The van der Waals surface area contributed by atoms with Crippen LogP contribution in [0.5, 0.6) is 0 Å². The van der Waals surface area contributed by atoms with Gasteiger partial charge in [-0.05, 0) is 36.0 Å². The first-order valence-electron chi connectivity index (χ1n) is 5.78. The Balaban J connectivity index is 2.48. The van der Waals surface area contributed by atoms with Crippen LogP contribution in [0, 0.1) is 11.2 Å². The molecular formula is C14H18FNS. The molecule has 2 rings (SSSR count). The second kappa shape index (κ2) is 4.39. The Bertz CT molecular complexity index is 524. The van der Waals surface area contributed by atoms with E-state index in [9.17, 15) is 4.39 Å². The maximum Gasteiger partial charge on any atom is 0.124 e. The molecule has 1 aromatic heterocycles. The molecule has 1 heterocycles. The molecule has 1 atom stereocenters. The zero-order valence-corrected chi connectivity index (χ0v) is 11.5. The number of benzene rings is 1. The zero-order chi connectivity index (χ0) is 12.6. The summed E-state index contributed by atoms with van der Waals surface area (Å²) in [5.74, 6) is -0.164. The summed E-state index contributed by atoms with van der Waals surface area (Å²) in [6, 6.07) is 7.43. The summed E-state index contributed by atoms with van der Waals surface area (Å²) in [5.41, 5.74) is 0.147. The minimum Gasteiger partial charge on any atom is -0.312 e. The van der Waals surface area contributed by atoms with Crippen molar-refractivity contribution in [1.82, 2.24) is 5.32 Å². The van der Waals surface area contributed by atoms with Gasteiger partial charge in [0.25, 0.3) is 0 Å². The van der Waals surface area contributed by atoms with E-state index in [1.165, 1.54) is 10.9 Å². The molecule has 1 nitrogen and oxygen atoms in total. The Morgan fingerprint density at radius 2 is 1.94 bits per heavy atom. The van der Waals surface area contributed by atoms with Crippen LogP contribution in [0.2, 0.25) is 0 Å². The van der Waals surface area contributed by atoms with Crippen molar-refractivity contribution in [2.45, 2.75) is 26.8 Å². The average Bonchev–Trinajstić information content (AvgIpc) is 2.58. The maximum absolute atomic E-state index is 13.2. The first kappa shape index (κ1) is 12.5. The van der Waals surface area contributed by atoms with Gasteiger partial charge in [0.15, 0.2) is 0 Å². The van der Waals surface area contributed by atoms with Gasteiger partial charge in [-0.2, -0.15) is 0 Å². The molecule has 2 aromatic rings. The smallest absolute Gasteiger partial charge is 0.124 e. The molecule has 0 bridgehead atoms. The molecule has 0 saturated heterocycles. The summed E-state index contributed by atoms with van der Waals surface area (Å²) in [6.07, 6.45) is 0. The Morgan fingerprint density at radius 1 is 1.24 bits per heavy atom. The van der Waals surface area contributed by atoms with E-state index in [1.807, 2.05) is 13.1 Å². The minimum absolute atomic E-state index is 0.147. The molecule has 1 unspecified atom stereocenters. The number of thiophene rings is 1. The fourth-order valence-corrected chi connectivity index (χ4v) is 3.62. The van der Waals surface area contributed by atoms with E-state index in [2.05, 4.69) is 32.2 Å². The van der Waals surface area contributed by atoms with Crippen LogP contribution >= 0.6 is 11.3 Å². The van der Waals surface area contributed by atoms with Gasteiger partial charge >= 0.3 is 0 Å². The van der Waals surface area contributed by atoms with Crippen molar-refractivity contribution in [2.75, 3.05) is 7.05 Å². The number of rotatable bonds is 2. The first-order chi connectivity index (χ1) is 7.91. The van der Waals surface area contributed by atoms with Crippen LogP contribution in [0.25, 0.3) is 10.1 Å². The molecule has 0 amide bonds. The predicted octanol–water partition coefficient (Wildman–Crippen LogP) is 4.35. The quantitative estimate of drug-likeness (QED) is 0.837. The fourth-order valence-electron chi connectivity index (χ4n) is 2.17. The van der Waals surface area contributed by atoms with Crippen LogP contribution in [-0.2, 0) is 0 Å². The van der Waals surface area contributed by atoms with E-state index in [-0.39, 0.29) is 11.2 Å². The lowest BCUT2D eigenvalue weighted by Crippen LogP contribution is -2.28. The molecule has 0 aliphatic carbocycles. The van der Waals surface area contributed by atoms with E-state index in [0.29, 0.717) is 6.04 Å². The fraction of sp³-hybridized carbons (Fsp3) is 0.429. The molecule has 1 aromatic carbocycles. The van der Waals surface area contributed by atoms with Gasteiger partial charge in [-0.15, -0.1) is 11.3 Å². The van der Waals surface area contributed by atoms with Crippen molar-refractivity contribution in [3.63, 3.8) is 0 Å². The van der Waals surface area contributed by atoms with Crippen molar-refractivity contribution in [2.24, 2.45) is 5.41 Å². The monoisotopic (exact) mass is 251 g/mol. The van der Waals surface area contributed by atoms with Crippen LogP contribution in [0.1, 0.15) is 31.7 Å². The van der Waals surface area contributed by atoms with Crippen molar-refractivity contribution in [1.29, 1.82) is 0 Å². The maximum atomic E-state index is 13.2. The highest BCUT2D eigenvalue weighted by molar-refractivity contribution is 7.19. The molecule has 0 aliphatic rings. The third-order valence-corrected chi connectivity index (χ3v) is 4.10. The Hall–Kier alpha value is -0.930. The normalized spacial score (nSPS) is 14.2. The third-order valence-electron chi connectivity index (χ3n) is 2.94. The van der Waals surface area contributed by atoms with E-state index in [0.717, 1.165) is 10.1 Å². The number of fused-ring (bicyclic) bond motifs is 1. The summed E-state index contributed by atoms with van der Waals surface area (Å²) in [4.78, 5) is 1.26. The summed E-state index contributed by atoms with van der Waals surface area (Å²) >= 11 is 1.67. The summed E-state index contributed by atoms with van der Waals surface area (Å²) in [6.45, 7) is 6.62. The van der Waals surface area contributed by atoms with Gasteiger partial charge in [0.05, 0.1) is 0 Å². The molecule has 1 N–H and O–H groups in total. The molecule has 92 valence electrons. The summed E-state index contributed by atoms with van der Waals surface area (Å²) < 4.78 is 14.2. The summed E-state index contributed by atoms with van der Waals surface area (Å²) in [5, 5.41) is 4.47. The second-order valence-electron chi connectivity index (χ2n) is 5.42. The van der Waals surface area contributed by atoms with Crippen molar-refractivity contribution < 1.29 is 4.39 Å². The molecular weight excluding hydrogens is 233 g/mol. The highest BCUT2D eigenvalue weighted by Crippen LogP contribution is 2.38. The Kier molecular flexibility index (Phi) is 3.23. The van der Waals surface area contributed by atoms with Gasteiger partial charge < -0.3 is 5.32 Å². The van der Waals surface area contributed by atoms with Gasteiger partial charge in [0, 0.05) is 15.6 Å². The highest BCUT2D eigenvalue weighted by atomic mass is 32.1. The molecule has 0 fully saturated rings. The lowest BCUT2D eigenvalue weighted by Gasteiger charge is -2.29. The van der Waals surface area contributed by atoms with E-state index >= 15 is 0 Å². The SMILES string of the molecule is CNC(c1cc2ccc(F)cc2s1)C(C)(C)C. The summed E-state index contributed by atoms with van der Waals surface area (Å²) in [7, 11) is 1.97. The van der Waals surface area contributed by atoms with Crippen molar-refractivity contribution in [3.8, 4) is 0 Å². The molecule has 3 heteroatoms. The lowest BCUT2D eigenvalue weighted by atomic mass is 9.86. The molecule has 17 heavy (non-hydrogen) atoms. The van der Waals surface area contributed by atoms with Gasteiger partial charge in [-0.3, -0.25) is 0 Å². The van der Waals surface area contributed by atoms with Crippen LogP contribution < -0.4 is 5.32 Å². The molecule has 0 radical (unpaired) electrons. The van der Waals surface area contributed by atoms with Crippen molar-refractivity contribution in [3.05, 3.63) is 35.0 Å². The number of halogens is 1. The molecule has 0 aliphatic heterocycles. The van der Waals surface area contributed by atoms with E-state index < -0.39 is 0 Å². The minimum atomic E-state index is -0.164. The molecule has 0 saturated carbocycles. The number of hydrogen-bond donors (Lipinski definition) is 1.